The van der Waals surface area contributed by atoms with Crippen molar-refractivity contribution in [1.29, 1.82) is 0 Å². The van der Waals surface area contributed by atoms with Crippen molar-refractivity contribution < 1.29 is 4.79 Å². The van der Waals surface area contributed by atoms with Gasteiger partial charge in [0.1, 0.15) is 5.78 Å². The first-order chi connectivity index (χ1) is 6.07. The van der Waals surface area contributed by atoms with Crippen LogP contribution in [0.4, 0.5) is 0 Å². The molecule has 0 amide bonds. The van der Waals surface area contributed by atoms with E-state index in [0.29, 0.717) is 11.7 Å². The zero-order valence-corrected chi connectivity index (χ0v) is 9.23. The third kappa shape index (κ3) is 6.56. The Balaban J connectivity index is 3.69. The van der Waals surface area contributed by atoms with Crippen molar-refractivity contribution in [2.24, 2.45) is 5.92 Å². The molecule has 0 aromatic heterocycles. The molecule has 0 rings (SSSR count). The topological polar surface area (TPSA) is 17.1 Å². The number of hydrogen-bond donors (Lipinski definition) is 0. The molecule has 0 aromatic rings. The molecule has 0 aliphatic heterocycles. The summed E-state index contributed by atoms with van der Waals surface area (Å²) in [5.41, 5.74) is 1.27. The van der Waals surface area contributed by atoms with Crippen LogP contribution in [0.2, 0.25) is 0 Å². The minimum Gasteiger partial charge on any atom is -0.300 e. The Labute approximate surface area is 82.2 Å². The molecule has 1 unspecified atom stereocenters. The number of rotatable bonds is 7. The Bertz CT molecular complexity index is 170. The van der Waals surface area contributed by atoms with Gasteiger partial charge in [-0.25, -0.2) is 0 Å². The van der Waals surface area contributed by atoms with Gasteiger partial charge in [-0.3, -0.25) is 0 Å². The minimum absolute atomic E-state index is 0.303. The van der Waals surface area contributed by atoms with Gasteiger partial charge in [0.05, 0.1) is 0 Å². The number of carbonyl (C=O) groups excluding carboxylic acids is 1. The molecule has 1 heteroatoms. The van der Waals surface area contributed by atoms with Crippen LogP contribution in [0.15, 0.2) is 12.2 Å². The summed E-state index contributed by atoms with van der Waals surface area (Å²) in [6.45, 7) is 9.94. The maximum atomic E-state index is 10.7. The third-order valence-corrected chi connectivity index (χ3v) is 2.42. The Hall–Kier alpha value is -0.590. The van der Waals surface area contributed by atoms with Crippen molar-refractivity contribution in [2.45, 2.75) is 52.9 Å². The van der Waals surface area contributed by atoms with Gasteiger partial charge in [-0.1, -0.05) is 25.5 Å². The van der Waals surface area contributed by atoms with Crippen LogP contribution in [-0.2, 0) is 4.79 Å². The summed E-state index contributed by atoms with van der Waals surface area (Å²) in [5.74, 6) is 0.932. The van der Waals surface area contributed by atoms with Gasteiger partial charge in [-0.15, -0.1) is 0 Å². The Morgan fingerprint density at radius 3 is 2.31 bits per heavy atom. The van der Waals surface area contributed by atoms with Gasteiger partial charge in [0.25, 0.3) is 0 Å². The molecule has 0 saturated carbocycles. The zero-order chi connectivity index (χ0) is 10.3. The van der Waals surface area contributed by atoms with E-state index in [1.807, 2.05) is 0 Å². The molecule has 0 heterocycles. The van der Waals surface area contributed by atoms with Gasteiger partial charge in [0.15, 0.2) is 0 Å². The molecule has 1 nitrogen and oxygen atoms in total. The number of hydrogen-bond acceptors (Lipinski definition) is 1. The van der Waals surface area contributed by atoms with E-state index < -0.39 is 0 Å². The van der Waals surface area contributed by atoms with Gasteiger partial charge in [0.2, 0.25) is 0 Å². The lowest BCUT2D eigenvalue weighted by molar-refractivity contribution is -0.117. The molecular formula is C12H22O. The van der Waals surface area contributed by atoms with Crippen molar-refractivity contribution >= 4 is 5.78 Å². The second kappa shape index (κ2) is 6.88. The monoisotopic (exact) mass is 182 g/mol. The highest BCUT2D eigenvalue weighted by Crippen LogP contribution is 2.21. The Morgan fingerprint density at radius 2 is 1.92 bits per heavy atom. The largest absolute Gasteiger partial charge is 0.300 e. The lowest BCUT2D eigenvalue weighted by Gasteiger charge is -2.15. The quantitative estimate of drug-likeness (QED) is 0.548. The molecule has 0 aromatic carbocycles. The summed E-state index contributed by atoms with van der Waals surface area (Å²) in [6.07, 6.45) is 5.30. The molecule has 0 N–H and O–H groups in total. The lowest BCUT2D eigenvalue weighted by Crippen LogP contribution is -2.02. The highest BCUT2D eigenvalue weighted by molar-refractivity contribution is 5.75. The van der Waals surface area contributed by atoms with Crippen molar-refractivity contribution in [3.05, 3.63) is 12.2 Å². The minimum atomic E-state index is 0.303. The highest BCUT2D eigenvalue weighted by Gasteiger charge is 2.08. The summed E-state index contributed by atoms with van der Waals surface area (Å²) in [7, 11) is 0. The molecule has 0 bridgehead atoms. The summed E-state index contributed by atoms with van der Waals surface area (Å²) >= 11 is 0. The number of ketones is 1. The maximum Gasteiger partial charge on any atom is 0.129 e. The lowest BCUT2D eigenvalue weighted by atomic mass is 9.91. The van der Waals surface area contributed by atoms with E-state index in [9.17, 15) is 4.79 Å². The molecule has 0 spiro atoms. The average Bonchev–Trinajstić information content (AvgIpc) is 2.02. The predicted molar refractivity (Wildman–Crippen MR) is 57.7 cm³/mol. The number of allylic oxidation sites excluding steroid dienone is 1. The van der Waals surface area contributed by atoms with E-state index >= 15 is 0 Å². The van der Waals surface area contributed by atoms with Crippen LogP contribution < -0.4 is 0 Å². The fraction of sp³-hybridized carbons (Fsp3) is 0.750. The van der Waals surface area contributed by atoms with Gasteiger partial charge in [-0.05, 0) is 39.0 Å². The first-order valence-electron chi connectivity index (χ1n) is 5.22. The molecule has 0 saturated heterocycles. The fourth-order valence-electron chi connectivity index (χ4n) is 1.58. The average molecular weight is 182 g/mol. The molecule has 0 radical (unpaired) electrons. The number of carbonyl (C=O) groups is 1. The van der Waals surface area contributed by atoms with Crippen molar-refractivity contribution in [3.8, 4) is 0 Å². The van der Waals surface area contributed by atoms with Crippen LogP contribution in [0.25, 0.3) is 0 Å². The summed E-state index contributed by atoms with van der Waals surface area (Å²) in [6, 6.07) is 0. The van der Waals surface area contributed by atoms with Crippen LogP contribution >= 0.6 is 0 Å². The highest BCUT2D eigenvalue weighted by atomic mass is 16.1. The van der Waals surface area contributed by atoms with Crippen molar-refractivity contribution in [1.82, 2.24) is 0 Å². The van der Waals surface area contributed by atoms with Crippen LogP contribution in [0.1, 0.15) is 52.9 Å². The van der Waals surface area contributed by atoms with Crippen LogP contribution in [0, 0.1) is 5.92 Å². The summed E-state index contributed by atoms with van der Waals surface area (Å²) in [4.78, 5) is 10.7. The molecule has 1 atom stereocenters. The molecule has 0 fully saturated rings. The van der Waals surface area contributed by atoms with E-state index in [-0.39, 0.29) is 0 Å². The standard InChI is InChI=1S/C12H22O/c1-5-7-12(10(2)3)9-6-8-11(4)13/h12H,2,5-9H2,1,3-4H3. The van der Waals surface area contributed by atoms with Gasteiger partial charge in [0, 0.05) is 6.42 Å². The Morgan fingerprint density at radius 1 is 1.31 bits per heavy atom. The second-order valence-corrected chi connectivity index (χ2v) is 3.93. The maximum absolute atomic E-state index is 10.7. The molecule has 0 aliphatic rings. The van der Waals surface area contributed by atoms with Gasteiger partial charge >= 0.3 is 0 Å². The van der Waals surface area contributed by atoms with Crippen LogP contribution in [0.5, 0.6) is 0 Å². The van der Waals surface area contributed by atoms with Crippen LogP contribution in [0.3, 0.4) is 0 Å². The van der Waals surface area contributed by atoms with E-state index in [2.05, 4.69) is 20.4 Å². The summed E-state index contributed by atoms with van der Waals surface area (Å²) < 4.78 is 0. The van der Waals surface area contributed by atoms with Crippen molar-refractivity contribution in [3.63, 3.8) is 0 Å². The van der Waals surface area contributed by atoms with E-state index in [4.69, 9.17) is 0 Å². The fourth-order valence-corrected chi connectivity index (χ4v) is 1.58. The second-order valence-electron chi connectivity index (χ2n) is 3.93. The van der Waals surface area contributed by atoms with Crippen molar-refractivity contribution in [2.75, 3.05) is 0 Å². The van der Waals surface area contributed by atoms with Gasteiger partial charge < -0.3 is 4.79 Å². The normalized spacial score (nSPS) is 12.5. The smallest absolute Gasteiger partial charge is 0.129 e. The predicted octanol–water partition coefficient (Wildman–Crippen LogP) is 3.74. The summed E-state index contributed by atoms with van der Waals surface area (Å²) in [5, 5.41) is 0. The molecule has 0 aliphatic carbocycles. The zero-order valence-electron chi connectivity index (χ0n) is 9.23. The first-order valence-corrected chi connectivity index (χ1v) is 5.22. The van der Waals surface area contributed by atoms with E-state index in [1.54, 1.807) is 6.92 Å². The Kier molecular flexibility index (Phi) is 6.56. The molecule has 76 valence electrons. The molecule has 13 heavy (non-hydrogen) atoms. The molecular weight excluding hydrogens is 160 g/mol. The van der Waals surface area contributed by atoms with Crippen LogP contribution in [-0.4, -0.2) is 5.78 Å². The first kappa shape index (κ1) is 12.4. The van der Waals surface area contributed by atoms with Gasteiger partial charge in [-0.2, -0.15) is 0 Å². The SMILES string of the molecule is C=C(C)C(CCC)CCCC(C)=O. The van der Waals surface area contributed by atoms with E-state index in [1.165, 1.54) is 18.4 Å². The number of Topliss-reactive ketones (excluding diaryl/α,β-unsaturated/α-hetero) is 1. The third-order valence-electron chi connectivity index (χ3n) is 2.42. The van der Waals surface area contributed by atoms with E-state index in [0.717, 1.165) is 19.3 Å².